The molecule has 160 valence electrons. The summed E-state index contributed by atoms with van der Waals surface area (Å²) in [5.41, 5.74) is 1.61. The minimum atomic E-state index is -0.233. The first-order chi connectivity index (χ1) is 15.7. The van der Waals surface area contributed by atoms with E-state index in [1.165, 1.54) is 0 Å². The van der Waals surface area contributed by atoms with Gasteiger partial charge in [-0.05, 0) is 55.3 Å². The lowest BCUT2D eigenvalue weighted by atomic mass is 9.89. The molecule has 32 heavy (non-hydrogen) atoms. The number of ketones is 1. The molecule has 2 aromatic carbocycles. The molecule has 1 aliphatic rings. The van der Waals surface area contributed by atoms with Gasteiger partial charge in [-0.25, -0.2) is 9.50 Å². The predicted octanol–water partition coefficient (Wildman–Crippen LogP) is 4.26. The van der Waals surface area contributed by atoms with Crippen LogP contribution in [0.15, 0.2) is 79.3 Å². The number of carbonyl (C=O) groups excluding carboxylic acids is 2. The first-order valence-electron chi connectivity index (χ1n) is 10.6. The van der Waals surface area contributed by atoms with Gasteiger partial charge in [0.25, 0.3) is 5.91 Å². The average molecular weight is 426 g/mol. The van der Waals surface area contributed by atoms with Crippen molar-refractivity contribution in [2.45, 2.75) is 12.8 Å². The SMILES string of the molecule is O=C(c1ccc(Oc2ccccc2)cc1)[C@H]1CCCN(C(=O)c2cnn3cccnc23)C1. The number of carbonyl (C=O) groups is 2. The van der Waals surface area contributed by atoms with E-state index in [0.29, 0.717) is 35.6 Å². The second kappa shape index (κ2) is 8.63. The van der Waals surface area contributed by atoms with Crippen molar-refractivity contribution in [1.29, 1.82) is 0 Å². The van der Waals surface area contributed by atoms with Crippen molar-refractivity contribution in [2.24, 2.45) is 5.92 Å². The van der Waals surface area contributed by atoms with Gasteiger partial charge < -0.3 is 9.64 Å². The molecule has 2 aromatic heterocycles. The third-order valence-corrected chi connectivity index (χ3v) is 5.71. The molecule has 5 rings (SSSR count). The fourth-order valence-electron chi connectivity index (χ4n) is 4.07. The van der Waals surface area contributed by atoms with Crippen LogP contribution in [0.4, 0.5) is 0 Å². The largest absolute Gasteiger partial charge is 0.457 e. The molecule has 7 heteroatoms. The van der Waals surface area contributed by atoms with Crippen molar-refractivity contribution in [3.8, 4) is 11.5 Å². The van der Waals surface area contributed by atoms with Crippen LogP contribution in [0.5, 0.6) is 11.5 Å². The standard InChI is InChI=1S/C25H22N4O3/c30-23(18-9-11-21(12-10-18)32-20-7-2-1-3-8-20)19-6-4-14-28(17-19)25(31)22-16-27-29-15-5-13-26-24(22)29/h1-3,5,7-13,15-16,19H,4,6,14,17H2/t19-/m0/s1. The lowest BCUT2D eigenvalue weighted by Crippen LogP contribution is -2.42. The van der Waals surface area contributed by atoms with Gasteiger partial charge in [-0.1, -0.05) is 18.2 Å². The van der Waals surface area contributed by atoms with Crippen molar-refractivity contribution < 1.29 is 14.3 Å². The van der Waals surface area contributed by atoms with Crippen LogP contribution in [-0.2, 0) is 0 Å². The molecule has 0 N–H and O–H groups in total. The number of amides is 1. The zero-order valence-electron chi connectivity index (χ0n) is 17.4. The summed E-state index contributed by atoms with van der Waals surface area (Å²) in [6.07, 6.45) is 6.48. The Bertz CT molecular complexity index is 1250. The van der Waals surface area contributed by atoms with Crippen molar-refractivity contribution in [3.05, 3.63) is 90.4 Å². The van der Waals surface area contributed by atoms with Crippen LogP contribution in [-0.4, -0.2) is 44.3 Å². The predicted molar refractivity (Wildman–Crippen MR) is 119 cm³/mol. The molecular weight excluding hydrogens is 404 g/mol. The lowest BCUT2D eigenvalue weighted by Gasteiger charge is -2.31. The van der Waals surface area contributed by atoms with E-state index in [0.717, 1.165) is 18.6 Å². The van der Waals surface area contributed by atoms with Gasteiger partial charge in [0, 0.05) is 37.0 Å². The van der Waals surface area contributed by atoms with E-state index in [9.17, 15) is 9.59 Å². The van der Waals surface area contributed by atoms with Gasteiger partial charge in [-0.2, -0.15) is 5.10 Å². The van der Waals surface area contributed by atoms with Crippen LogP contribution in [0, 0.1) is 5.92 Å². The molecule has 3 heterocycles. The van der Waals surface area contributed by atoms with Crippen molar-refractivity contribution in [1.82, 2.24) is 19.5 Å². The Morgan fingerprint density at radius 3 is 2.56 bits per heavy atom. The maximum Gasteiger partial charge on any atom is 0.259 e. The highest BCUT2D eigenvalue weighted by Crippen LogP contribution is 2.26. The van der Waals surface area contributed by atoms with Crippen LogP contribution >= 0.6 is 0 Å². The number of para-hydroxylation sites is 1. The number of likely N-dealkylation sites (tertiary alicyclic amines) is 1. The Balaban J connectivity index is 1.27. The van der Waals surface area contributed by atoms with Crippen molar-refractivity contribution >= 4 is 17.3 Å². The number of fused-ring (bicyclic) bond motifs is 1. The van der Waals surface area contributed by atoms with Gasteiger partial charge in [0.1, 0.15) is 17.1 Å². The fourth-order valence-corrected chi connectivity index (χ4v) is 4.07. The molecule has 1 saturated heterocycles. The summed E-state index contributed by atoms with van der Waals surface area (Å²) >= 11 is 0. The minimum absolute atomic E-state index is 0.0479. The molecule has 1 fully saturated rings. The minimum Gasteiger partial charge on any atom is -0.457 e. The zero-order valence-corrected chi connectivity index (χ0v) is 17.4. The van der Waals surface area contributed by atoms with Crippen LogP contribution in [0.25, 0.3) is 5.65 Å². The summed E-state index contributed by atoms with van der Waals surface area (Å²) in [6, 6.07) is 18.5. The van der Waals surface area contributed by atoms with E-state index in [4.69, 9.17) is 4.74 Å². The van der Waals surface area contributed by atoms with Gasteiger partial charge in [0.05, 0.1) is 6.20 Å². The van der Waals surface area contributed by atoms with Crippen LogP contribution < -0.4 is 4.74 Å². The van der Waals surface area contributed by atoms with Crippen molar-refractivity contribution in [3.63, 3.8) is 0 Å². The summed E-state index contributed by atoms with van der Waals surface area (Å²) in [7, 11) is 0. The molecule has 7 nitrogen and oxygen atoms in total. The Hall–Kier alpha value is -4.00. The Kier molecular flexibility index (Phi) is 5.37. The third kappa shape index (κ3) is 3.97. The van der Waals surface area contributed by atoms with Gasteiger partial charge in [0.2, 0.25) is 0 Å². The van der Waals surface area contributed by atoms with Gasteiger partial charge >= 0.3 is 0 Å². The summed E-state index contributed by atoms with van der Waals surface area (Å²) in [5, 5.41) is 4.20. The number of rotatable bonds is 5. The van der Waals surface area contributed by atoms with E-state index in [1.54, 1.807) is 58.3 Å². The molecule has 4 aromatic rings. The summed E-state index contributed by atoms with van der Waals surface area (Å²) < 4.78 is 7.39. The molecular formula is C25H22N4O3. The smallest absolute Gasteiger partial charge is 0.259 e. The monoisotopic (exact) mass is 426 g/mol. The normalized spacial score (nSPS) is 16.1. The number of aromatic nitrogens is 3. The third-order valence-electron chi connectivity index (χ3n) is 5.71. The first kappa shape index (κ1) is 19.9. The molecule has 1 atom stereocenters. The highest BCUT2D eigenvalue weighted by Gasteiger charge is 2.30. The van der Waals surface area contributed by atoms with Gasteiger partial charge in [0.15, 0.2) is 11.4 Å². The number of piperidine rings is 1. The van der Waals surface area contributed by atoms with E-state index in [2.05, 4.69) is 10.1 Å². The summed E-state index contributed by atoms with van der Waals surface area (Å²) in [4.78, 5) is 32.2. The highest BCUT2D eigenvalue weighted by atomic mass is 16.5. The molecule has 0 saturated carbocycles. The lowest BCUT2D eigenvalue weighted by molar-refractivity contribution is 0.0638. The zero-order chi connectivity index (χ0) is 21.9. The number of Topliss-reactive ketones (excluding diaryl/α,β-unsaturated/α-hetero) is 1. The van der Waals surface area contributed by atoms with Crippen LogP contribution in [0.2, 0.25) is 0 Å². The van der Waals surface area contributed by atoms with Crippen LogP contribution in [0.3, 0.4) is 0 Å². The second-order valence-corrected chi connectivity index (χ2v) is 7.84. The number of benzene rings is 2. The Morgan fingerprint density at radius 2 is 1.75 bits per heavy atom. The molecule has 0 unspecified atom stereocenters. The molecule has 0 bridgehead atoms. The highest BCUT2D eigenvalue weighted by molar-refractivity contribution is 6.01. The Labute approximate surface area is 185 Å². The molecule has 0 spiro atoms. The molecule has 1 amide bonds. The van der Waals surface area contributed by atoms with Crippen LogP contribution in [0.1, 0.15) is 33.6 Å². The molecule has 1 aliphatic heterocycles. The number of hydrogen-bond donors (Lipinski definition) is 0. The van der Waals surface area contributed by atoms with Gasteiger partial charge in [-0.3, -0.25) is 9.59 Å². The molecule has 0 aliphatic carbocycles. The topological polar surface area (TPSA) is 76.8 Å². The number of hydrogen-bond acceptors (Lipinski definition) is 5. The quantitative estimate of drug-likeness (QED) is 0.446. The molecule has 0 radical (unpaired) electrons. The number of nitrogens with zero attached hydrogens (tertiary/aromatic N) is 4. The summed E-state index contributed by atoms with van der Waals surface area (Å²) in [6.45, 7) is 1.01. The van der Waals surface area contributed by atoms with E-state index in [-0.39, 0.29) is 17.6 Å². The first-order valence-corrected chi connectivity index (χ1v) is 10.6. The van der Waals surface area contributed by atoms with Crippen molar-refractivity contribution in [2.75, 3.05) is 13.1 Å². The van der Waals surface area contributed by atoms with Gasteiger partial charge in [-0.15, -0.1) is 0 Å². The van der Waals surface area contributed by atoms with E-state index in [1.807, 2.05) is 30.3 Å². The maximum atomic E-state index is 13.1. The van der Waals surface area contributed by atoms with E-state index < -0.39 is 0 Å². The average Bonchev–Trinajstić information content (AvgIpc) is 3.28. The number of ether oxygens (including phenoxy) is 1. The Morgan fingerprint density at radius 1 is 0.969 bits per heavy atom. The maximum absolute atomic E-state index is 13.1. The summed E-state index contributed by atoms with van der Waals surface area (Å²) in [5.74, 6) is 1.10. The fraction of sp³-hybridized carbons (Fsp3) is 0.200. The second-order valence-electron chi connectivity index (χ2n) is 7.84. The van der Waals surface area contributed by atoms with E-state index >= 15 is 0 Å².